The minimum Gasteiger partial charge on any atom is -0.376 e. The number of nitrogens with one attached hydrogen (secondary N) is 2. The van der Waals surface area contributed by atoms with Gasteiger partial charge in [0, 0.05) is 12.4 Å². The van der Waals surface area contributed by atoms with Gasteiger partial charge in [0.25, 0.3) is 0 Å². The van der Waals surface area contributed by atoms with Gasteiger partial charge in [0.05, 0.1) is 30.2 Å². The number of nitrogens with two attached hydrogens (primary N) is 1. The van der Waals surface area contributed by atoms with Crippen molar-refractivity contribution >= 4 is 11.6 Å². The number of rotatable bonds is 3. The Bertz CT molecular complexity index is 734. The number of hydrogen-bond acceptors (Lipinski definition) is 6. The molecule has 0 aliphatic carbocycles. The van der Waals surface area contributed by atoms with Gasteiger partial charge in [-0.25, -0.2) is 4.99 Å². The molecule has 1 atom stereocenters. The van der Waals surface area contributed by atoms with E-state index < -0.39 is 17.4 Å². The molecular formula is C15H21F3N6O. The van der Waals surface area contributed by atoms with Crippen molar-refractivity contribution in [3.8, 4) is 0 Å². The van der Waals surface area contributed by atoms with Crippen LogP contribution in [0.15, 0.2) is 23.0 Å². The van der Waals surface area contributed by atoms with Crippen molar-refractivity contribution in [3.05, 3.63) is 23.7 Å². The largest absolute Gasteiger partial charge is 0.417 e. The average molecular weight is 358 g/mol. The number of ether oxygens (including phenoxy) is 1. The summed E-state index contributed by atoms with van der Waals surface area (Å²) in [5, 5.41) is 9.95. The second-order valence-electron chi connectivity index (χ2n) is 6.63. The van der Waals surface area contributed by atoms with Gasteiger partial charge in [-0.2, -0.15) is 18.3 Å². The molecule has 3 heterocycles. The number of aryl methyl sites for hydroxylation is 1. The van der Waals surface area contributed by atoms with Crippen LogP contribution in [0, 0.1) is 6.92 Å². The van der Waals surface area contributed by atoms with Crippen LogP contribution in [0.4, 0.5) is 18.9 Å². The summed E-state index contributed by atoms with van der Waals surface area (Å²) in [5.41, 5.74) is 4.28. The first kappa shape index (κ1) is 17.7. The highest BCUT2D eigenvalue weighted by Gasteiger charge is 2.47. The molecule has 3 rings (SSSR count). The summed E-state index contributed by atoms with van der Waals surface area (Å²) in [6.07, 6.45) is -1.89. The van der Waals surface area contributed by atoms with Crippen molar-refractivity contribution < 1.29 is 17.9 Å². The third kappa shape index (κ3) is 3.11. The zero-order valence-corrected chi connectivity index (χ0v) is 14.2. The molecule has 4 N–H and O–H groups in total. The molecule has 0 bridgehead atoms. The highest BCUT2D eigenvalue weighted by Crippen LogP contribution is 2.36. The first-order valence-corrected chi connectivity index (χ1v) is 7.92. The van der Waals surface area contributed by atoms with Crippen molar-refractivity contribution in [3.63, 3.8) is 0 Å². The van der Waals surface area contributed by atoms with Gasteiger partial charge in [0.1, 0.15) is 11.2 Å². The van der Waals surface area contributed by atoms with Gasteiger partial charge in [-0.05, 0) is 20.3 Å². The van der Waals surface area contributed by atoms with Gasteiger partial charge >= 0.3 is 6.18 Å². The van der Waals surface area contributed by atoms with Crippen molar-refractivity contribution in [2.45, 2.75) is 44.6 Å². The highest BCUT2D eigenvalue weighted by molar-refractivity contribution is 5.95. The van der Waals surface area contributed by atoms with Crippen LogP contribution in [0.25, 0.3) is 0 Å². The Morgan fingerprint density at radius 1 is 1.44 bits per heavy atom. The van der Waals surface area contributed by atoms with Crippen LogP contribution in [0.3, 0.4) is 0 Å². The van der Waals surface area contributed by atoms with Crippen molar-refractivity contribution in [1.29, 1.82) is 0 Å². The first-order valence-electron chi connectivity index (χ1n) is 7.92. The third-order valence-electron chi connectivity index (χ3n) is 4.51. The average Bonchev–Trinajstić information content (AvgIpc) is 2.85. The minimum atomic E-state index is -4.55. The molecule has 10 heteroatoms. The minimum absolute atomic E-state index is 0.0128. The van der Waals surface area contributed by atoms with E-state index >= 15 is 0 Å². The standard InChI is InChI=1S/C15H21F3N6O/c1-4-14(19)11(15(16,17)18)5-20-12(22-14)21-10-6-24(23-9(10)2)13(3)7-25-8-13/h5-6H,4,7-8,19H2,1-3H3,(H2,20,21,22). The Morgan fingerprint density at radius 3 is 2.64 bits per heavy atom. The second-order valence-corrected chi connectivity index (χ2v) is 6.63. The fraction of sp³-hybridized carbons (Fsp3) is 0.600. The van der Waals surface area contributed by atoms with E-state index in [9.17, 15) is 13.2 Å². The van der Waals surface area contributed by atoms with E-state index in [1.165, 1.54) is 0 Å². The Morgan fingerprint density at radius 2 is 2.12 bits per heavy atom. The SMILES string of the molecule is CCC1(N)N=C(Nc2cn(C3(C)COC3)nc2C)NC=C1C(F)(F)F. The quantitative estimate of drug-likeness (QED) is 0.767. The molecule has 0 saturated carbocycles. The predicted octanol–water partition coefficient (Wildman–Crippen LogP) is 1.82. The summed E-state index contributed by atoms with van der Waals surface area (Å²) in [7, 11) is 0. The van der Waals surface area contributed by atoms with Gasteiger partial charge in [-0.1, -0.05) is 6.92 Å². The lowest BCUT2D eigenvalue weighted by atomic mass is 9.97. The summed E-state index contributed by atoms with van der Waals surface area (Å²) in [4.78, 5) is 4.04. The fourth-order valence-corrected chi connectivity index (χ4v) is 2.73. The van der Waals surface area contributed by atoms with E-state index in [0.29, 0.717) is 24.6 Å². The van der Waals surface area contributed by atoms with E-state index in [0.717, 1.165) is 6.20 Å². The zero-order valence-electron chi connectivity index (χ0n) is 14.2. The number of aliphatic imine (C=N–C) groups is 1. The maximum absolute atomic E-state index is 13.1. The van der Waals surface area contributed by atoms with Crippen LogP contribution >= 0.6 is 0 Å². The Balaban J connectivity index is 1.83. The lowest BCUT2D eigenvalue weighted by molar-refractivity contribution is -0.101. The third-order valence-corrected chi connectivity index (χ3v) is 4.51. The summed E-state index contributed by atoms with van der Waals surface area (Å²) in [5.74, 6) is 0.148. The Hall–Kier alpha value is -2.07. The molecule has 0 amide bonds. The van der Waals surface area contributed by atoms with Crippen molar-refractivity contribution in [2.75, 3.05) is 18.5 Å². The number of halogens is 3. The van der Waals surface area contributed by atoms with E-state index in [1.807, 2.05) is 6.92 Å². The smallest absolute Gasteiger partial charge is 0.376 e. The predicted molar refractivity (Wildman–Crippen MR) is 87.0 cm³/mol. The molecule has 25 heavy (non-hydrogen) atoms. The van der Waals surface area contributed by atoms with Crippen molar-refractivity contribution in [2.24, 2.45) is 10.7 Å². The molecule has 138 valence electrons. The van der Waals surface area contributed by atoms with Crippen LogP contribution in [-0.4, -0.2) is 40.8 Å². The highest BCUT2D eigenvalue weighted by atomic mass is 19.4. The molecule has 0 aromatic carbocycles. The Labute approximate surface area is 143 Å². The van der Waals surface area contributed by atoms with Crippen LogP contribution in [0.2, 0.25) is 0 Å². The molecule has 2 aliphatic heterocycles. The molecule has 1 fully saturated rings. The second kappa shape index (κ2) is 5.73. The molecule has 1 aromatic rings. The molecule has 1 aromatic heterocycles. The number of guanidine groups is 1. The molecule has 2 aliphatic rings. The molecule has 0 radical (unpaired) electrons. The molecular weight excluding hydrogens is 337 g/mol. The van der Waals surface area contributed by atoms with Crippen LogP contribution in [0.5, 0.6) is 0 Å². The molecule has 1 unspecified atom stereocenters. The maximum Gasteiger partial charge on any atom is 0.417 e. The summed E-state index contributed by atoms with van der Waals surface area (Å²) >= 11 is 0. The van der Waals surface area contributed by atoms with E-state index in [-0.39, 0.29) is 17.9 Å². The molecule has 0 spiro atoms. The maximum atomic E-state index is 13.1. The molecule has 7 nitrogen and oxygen atoms in total. The normalized spacial score (nSPS) is 25.6. The summed E-state index contributed by atoms with van der Waals surface area (Å²) in [6.45, 7) is 6.51. The van der Waals surface area contributed by atoms with Gasteiger partial charge in [0.2, 0.25) is 5.96 Å². The lowest BCUT2D eigenvalue weighted by Crippen LogP contribution is -2.51. The summed E-state index contributed by atoms with van der Waals surface area (Å²) in [6, 6.07) is 0. The summed E-state index contributed by atoms with van der Waals surface area (Å²) < 4.78 is 46.4. The number of hydrogen-bond donors (Lipinski definition) is 3. The van der Waals surface area contributed by atoms with E-state index in [4.69, 9.17) is 10.5 Å². The van der Waals surface area contributed by atoms with Crippen LogP contribution in [-0.2, 0) is 10.3 Å². The monoisotopic (exact) mass is 358 g/mol. The van der Waals surface area contributed by atoms with Crippen LogP contribution < -0.4 is 16.4 Å². The van der Waals surface area contributed by atoms with E-state index in [1.54, 1.807) is 24.7 Å². The van der Waals surface area contributed by atoms with Gasteiger partial charge < -0.3 is 21.1 Å². The Kier molecular flexibility index (Phi) is 4.07. The lowest BCUT2D eigenvalue weighted by Gasteiger charge is -2.38. The number of alkyl halides is 3. The van der Waals surface area contributed by atoms with Crippen LogP contribution in [0.1, 0.15) is 26.0 Å². The van der Waals surface area contributed by atoms with Gasteiger partial charge in [0.15, 0.2) is 0 Å². The van der Waals surface area contributed by atoms with Crippen molar-refractivity contribution in [1.82, 2.24) is 15.1 Å². The number of nitrogens with zero attached hydrogens (tertiary/aromatic N) is 3. The number of aromatic nitrogens is 2. The topological polar surface area (TPSA) is 89.5 Å². The van der Waals surface area contributed by atoms with Gasteiger partial charge in [-0.3, -0.25) is 4.68 Å². The van der Waals surface area contributed by atoms with E-state index in [2.05, 4.69) is 20.7 Å². The first-order chi connectivity index (χ1) is 11.6. The fourth-order valence-electron chi connectivity index (χ4n) is 2.73. The zero-order chi connectivity index (χ0) is 18.5. The number of anilines is 1. The molecule has 1 saturated heterocycles. The van der Waals surface area contributed by atoms with Gasteiger partial charge in [-0.15, -0.1) is 0 Å².